The quantitative estimate of drug-likeness (QED) is 0.609. The first-order chi connectivity index (χ1) is 17.8. The number of likely N-dealkylation sites (N-methyl/N-ethyl adjacent to an activating group) is 1. The number of ether oxygens (including phenoxy) is 1. The fraction of sp³-hybridized carbons (Fsp3) is 0.500. The van der Waals surface area contributed by atoms with E-state index in [0.29, 0.717) is 18.6 Å². The average molecular weight is 505 g/mol. The van der Waals surface area contributed by atoms with Crippen molar-refractivity contribution >= 4 is 12.0 Å². The van der Waals surface area contributed by atoms with Crippen molar-refractivity contribution in [3.8, 4) is 11.5 Å². The van der Waals surface area contributed by atoms with Crippen LogP contribution in [0.4, 0.5) is 4.39 Å². The molecular formula is C30H33FN2O4. The molecule has 2 bridgehead atoms. The molecular weight excluding hydrogens is 471 g/mol. The number of hydrogen-bond acceptors (Lipinski definition) is 5. The molecule has 5 atom stereocenters. The summed E-state index contributed by atoms with van der Waals surface area (Å²) in [5, 5.41) is 23.4. The number of aromatic hydroxyl groups is 1. The number of phenolic OH excluding ortho intramolecular Hbond substituents is 1. The minimum Gasteiger partial charge on any atom is -0.504 e. The molecule has 0 aromatic heterocycles. The average Bonchev–Trinajstić information content (AvgIpc) is 3.63. The molecule has 6 nitrogen and oxygen atoms in total. The summed E-state index contributed by atoms with van der Waals surface area (Å²) in [6.07, 6.45) is 8.00. The van der Waals surface area contributed by atoms with Crippen LogP contribution in [0.15, 0.2) is 42.5 Å². The van der Waals surface area contributed by atoms with Crippen LogP contribution >= 0.6 is 0 Å². The van der Waals surface area contributed by atoms with E-state index in [1.807, 2.05) is 6.07 Å². The van der Waals surface area contributed by atoms with E-state index in [-0.39, 0.29) is 29.6 Å². The van der Waals surface area contributed by atoms with Crippen molar-refractivity contribution in [1.82, 2.24) is 9.80 Å². The van der Waals surface area contributed by atoms with Crippen LogP contribution in [0.5, 0.6) is 11.5 Å². The molecule has 2 aromatic rings. The van der Waals surface area contributed by atoms with Crippen LogP contribution in [-0.2, 0) is 16.6 Å². The van der Waals surface area contributed by atoms with E-state index in [1.54, 1.807) is 36.2 Å². The van der Waals surface area contributed by atoms with Crippen molar-refractivity contribution in [2.45, 2.75) is 67.7 Å². The van der Waals surface area contributed by atoms with Crippen molar-refractivity contribution in [3.05, 3.63) is 65.0 Å². The SMILES string of the molecule is CN(C(=O)C=Cc1ccc(F)cc1)[C@H]1CC[C@@]2(O)[C@H]3Cc4ccc(O)c5c4[C@@]2(CCN3CC2CC2)[C@H]1O5. The second kappa shape index (κ2) is 8.05. The van der Waals surface area contributed by atoms with E-state index >= 15 is 0 Å². The molecule has 2 N–H and O–H groups in total. The summed E-state index contributed by atoms with van der Waals surface area (Å²) >= 11 is 0. The van der Waals surface area contributed by atoms with Crippen LogP contribution in [0.3, 0.4) is 0 Å². The van der Waals surface area contributed by atoms with E-state index in [2.05, 4.69) is 4.90 Å². The lowest BCUT2D eigenvalue weighted by molar-refractivity contribution is -0.200. The van der Waals surface area contributed by atoms with Gasteiger partial charge in [-0.15, -0.1) is 0 Å². The number of hydrogen-bond donors (Lipinski definition) is 2. The molecule has 0 unspecified atom stereocenters. The number of amides is 1. The molecule has 3 fully saturated rings. The monoisotopic (exact) mass is 504 g/mol. The topological polar surface area (TPSA) is 73.2 Å². The van der Waals surface area contributed by atoms with Crippen LogP contribution < -0.4 is 4.74 Å². The van der Waals surface area contributed by atoms with Gasteiger partial charge >= 0.3 is 0 Å². The minimum absolute atomic E-state index is 0.0104. The molecule has 37 heavy (non-hydrogen) atoms. The number of halogens is 1. The van der Waals surface area contributed by atoms with Gasteiger partial charge in [-0.25, -0.2) is 4.39 Å². The van der Waals surface area contributed by atoms with Gasteiger partial charge in [0.1, 0.15) is 11.9 Å². The number of rotatable bonds is 5. The molecule has 7 heteroatoms. The molecule has 2 aliphatic heterocycles. The summed E-state index contributed by atoms with van der Waals surface area (Å²) in [5.41, 5.74) is 1.24. The first kappa shape index (κ1) is 23.2. The molecule has 2 heterocycles. The summed E-state index contributed by atoms with van der Waals surface area (Å²) in [6, 6.07) is 9.49. The highest BCUT2D eigenvalue weighted by atomic mass is 19.1. The predicted molar refractivity (Wildman–Crippen MR) is 137 cm³/mol. The van der Waals surface area contributed by atoms with Crippen molar-refractivity contribution in [2.24, 2.45) is 5.92 Å². The van der Waals surface area contributed by atoms with Gasteiger partial charge in [-0.2, -0.15) is 0 Å². The lowest BCUT2D eigenvalue weighted by Gasteiger charge is -2.64. The number of nitrogens with zero attached hydrogens (tertiary/aromatic N) is 2. The van der Waals surface area contributed by atoms with E-state index in [4.69, 9.17) is 4.74 Å². The van der Waals surface area contributed by atoms with E-state index in [9.17, 15) is 19.4 Å². The third kappa shape index (κ3) is 3.26. The summed E-state index contributed by atoms with van der Waals surface area (Å²) in [4.78, 5) is 17.5. The van der Waals surface area contributed by atoms with Crippen LogP contribution in [-0.4, -0.2) is 69.8 Å². The first-order valence-electron chi connectivity index (χ1n) is 13.5. The van der Waals surface area contributed by atoms with Gasteiger partial charge < -0.3 is 19.8 Å². The Morgan fingerprint density at radius 1 is 1.19 bits per heavy atom. The lowest BCUT2D eigenvalue weighted by atomic mass is 9.48. The Balaban J connectivity index is 1.24. The van der Waals surface area contributed by atoms with Crippen molar-refractivity contribution in [2.75, 3.05) is 20.1 Å². The van der Waals surface area contributed by atoms with Gasteiger partial charge in [0.25, 0.3) is 0 Å². The number of carbonyl (C=O) groups excluding carboxylic acids is 1. The van der Waals surface area contributed by atoms with Crippen LogP contribution in [0.25, 0.3) is 6.08 Å². The minimum atomic E-state index is -0.971. The van der Waals surface area contributed by atoms with Crippen LogP contribution in [0, 0.1) is 11.7 Å². The van der Waals surface area contributed by atoms with Gasteiger partial charge in [0.05, 0.1) is 17.1 Å². The van der Waals surface area contributed by atoms with Crippen LogP contribution in [0.1, 0.15) is 48.8 Å². The summed E-state index contributed by atoms with van der Waals surface area (Å²) < 4.78 is 19.8. The van der Waals surface area contributed by atoms with Gasteiger partial charge in [-0.1, -0.05) is 18.2 Å². The lowest BCUT2D eigenvalue weighted by Crippen LogP contribution is -2.78. The molecule has 0 radical (unpaired) electrons. The van der Waals surface area contributed by atoms with Crippen molar-refractivity contribution in [3.63, 3.8) is 0 Å². The highest BCUT2D eigenvalue weighted by Gasteiger charge is 2.73. The second-order valence-electron chi connectivity index (χ2n) is 11.7. The molecule has 3 aliphatic carbocycles. The fourth-order valence-corrected chi connectivity index (χ4v) is 7.87. The standard InChI is InChI=1S/C30H33FN2O4/c1-32(25(35)11-6-18-4-8-21(31)9-5-18)22-12-13-30(36)24-16-20-7-10-23(34)27-26(20)29(30,28(22)37-27)14-15-33(24)17-19-2-3-19/h4-11,19,22,24,28,34,36H,2-3,12-17H2,1H3/t22-,24+,28-,29-,30+/m0/s1. The maximum absolute atomic E-state index is 13.3. The Morgan fingerprint density at radius 3 is 2.73 bits per heavy atom. The molecule has 5 aliphatic rings. The van der Waals surface area contributed by atoms with Gasteiger partial charge in [0.2, 0.25) is 5.91 Å². The number of piperidine rings is 1. The Kier molecular flexibility index (Phi) is 5.05. The molecule has 1 saturated heterocycles. The van der Waals surface area contributed by atoms with Gasteiger partial charge in [0.15, 0.2) is 11.5 Å². The highest BCUT2D eigenvalue weighted by molar-refractivity contribution is 5.92. The fourth-order valence-electron chi connectivity index (χ4n) is 7.87. The van der Waals surface area contributed by atoms with E-state index < -0.39 is 17.1 Å². The van der Waals surface area contributed by atoms with E-state index in [1.165, 1.54) is 31.1 Å². The molecule has 1 amide bonds. The third-order valence-corrected chi connectivity index (χ3v) is 9.86. The molecule has 1 spiro atoms. The summed E-state index contributed by atoms with van der Waals surface area (Å²) in [5.74, 6) is 0.845. The normalized spacial score (nSPS) is 33.8. The van der Waals surface area contributed by atoms with Gasteiger partial charge in [-0.3, -0.25) is 9.69 Å². The zero-order valence-corrected chi connectivity index (χ0v) is 21.1. The van der Waals surface area contributed by atoms with E-state index in [0.717, 1.165) is 48.5 Å². The van der Waals surface area contributed by atoms with Gasteiger partial charge in [-0.05, 0) is 86.4 Å². The zero-order chi connectivity index (χ0) is 25.5. The maximum Gasteiger partial charge on any atom is 0.246 e. The first-order valence-corrected chi connectivity index (χ1v) is 13.5. The summed E-state index contributed by atoms with van der Waals surface area (Å²) in [6.45, 7) is 1.91. The van der Waals surface area contributed by atoms with Crippen molar-refractivity contribution in [1.29, 1.82) is 0 Å². The van der Waals surface area contributed by atoms with Gasteiger partial charge in [0, 0.05) is 31.3 Å². The smallest absolute Gasteiger partial charge is 0.246 e. The molecule has 2 saturated carbocycles. The summed E-state index contributed by atoms with van der Waals surface area (Å²) in [7, 11) is 1.79. The Hall–Kier alpha value is -2.90. The Labute approximate surface area is 216 Å². The number of phenols is 1. The molecule has 194 valence electrons. The molecule has 7 rings (SSSR count). The number of aliphatic hydroxyl groups is 1. The predicted octanol–water partition coefficient (Wildman–Crippen LogP) is 3.64. The largest absolute Gasteiger partial charge is 0.504 e. The second-order valence-corrected chi connectivity index (χ2v) is 11.7. The third-order valence-electron chi connectivity index (χ3n) is 9.86. The zero-order valence-electron chi connectivity index (χ0n) is 21.1. The van der Waals surface area contributed by atoms with Crippen molar-refractivity contribution < 1.29 is 24.1 Å². The molecule has 2 aromatic carbocycles. The Morgan fingerprint density at radius 2 is 1.97 bits per heavy atom. The highest BCUT2D eigenvalue weighted by Crippen LogP contribution is 2.66. The Bertz CT molecular complexity index is 1290. The number of benzene rings is 2. The maximum atomic E-state index is 13.3. The van der Waals surface area contributed by atoms with Crippen LogP contribution in [0.2, 0.25) is 0 Å². The number of carbonyl (C=O) groups is 1. The number of likely N-dealkylation sites (tertiary alicyclic amines) is 1.